The summed E-state index contributed by atoms with van der Waals surface area (Å²) in [5, 5.41) is 35.2. The van der Waals surface area contributed by atoms with Crippen LogP contribution in [-0.2, 0) is 14.3 Å². The van der Waals surface area contributed by atoms with Crippen molar-refractivity contribution in [3.8, 4) is 0 Å². The molecule has 15 heavy (non-hydrogen) atoms. The zero-order valence-corrected chi connectivity index (χ0v) is 6.88. The zero-order valence-electron chi connectivity index (χ0n) is 6.88. The molecular weight excluding hydrogens is 219 g/mol. The van der Waals surface area contributed by atoms with Crippen molar-refractivity contribution in [3.05, 3.63) is 11.3 Å². The molecule has 8 heteroatoms. The van der Waals surface area contributed by atoms with E-state index in [1.807, 2.05) is 0 Å². The van der Waals surface area contributed by atoms with E-state index in [9.17, 15) is 9.59 Å². The SMILES string of the molecule is O=C(O)C1=C(O)C(=O)O[C@H]1[C@@H](O)CO.[NaH]. The second kappa shape index (κ2) is 5.47. The van der Waals surface area contributed by atoms with Gasteiger partial charge in [0.1, 0.15) is 11.7 Å². The molecule has 4 N–H and O–H groups in total. The third kappa shape index (κ3) is 2.70. The fraction of sp³-hybridized carbons (Fsp3) is 0.429. The number of carboxylic acid groups (broad SMARTS) is 1. The van der Waals surface area contributed by atoms with E-state index in [0.717, 1.165) is 0 Å². The Balaban J connectivity index is 0.00000196. The van der Waals surface area contributed by atoms with Crippen LogP contribution in [0.15, 0.2) is 11.3 Å². The molecule has 7 nitrogen and oxygen atoms in total. The van der Waals surface area contributed by atoms with E-state index in [4.69, 9.17) is 20.4 Å². The summed E-state index contributed by atoms with van der Waals surface area (Å²) in [6, 6.07) is 0. The van der Waals surface area contributed by atoms with Crippen molar-refractivity contribution in [1.82, 2.24) is 0 Å². The summed E-state index contributed by atoms with van der Waals surface area (Å²) in [5.74, 6) is -3.85. The van der Waals surface area contributed by atoms with Gasteiger partial charge < -0.3 is 25.2 Å². The first kappa shape index (κ1) is 14.4. The minimum absolute atomic E-state index is 0. The monoisotopic (exact) mass is 228 g/mol. The number of aliphatic hydroxyl groups excluding tert-OH is 3. The number of ether oxygens (including phenoxy) is 1. The number of hydrogen-bond donors (Lipinski definition) is 4. The molecule has 2 atom stereocenters. The third-order valence-corrected chi connectivity index (χ3v) is 1.73. The quantitative estimate of drug-likeness (QED) is 0.311. The van der Waals surface area contributed by atoms with Gasteiger partial charge in [-0.2, -0.15) is 0 Å². The fourth-order valence-electron chi connectivity index (χ4n) is 1.06. The molecule has 0 amide bonds. The Bertz CT molecular complexity index is 310. The molecular formula is C7H9NaO7. The van der Waals surface area contributed by atoms with Gasteiger partial charge in [-0.3, -0.25) is 0 Å². The van der Waals surface area contributed by atoms with Gasteiger partial charge >= 0.3 is 41.5 Å². The Morgan fingerprint density at radius 2 is 2.07 bits per heavy atom. The molecule has 0 saturated carbocycles. The molecule has 1 heterocycles. The Hall–Kier alpha value is -0.600. The molecule has 1 aliphatic heterocycles. The van der Waals surface area contributed by atoms with Crippen molar-refractivity contribution in [2.45, 2.75) is 12.2 Å². The van der Waals surface area contributed by atoms with Gasteiger partial charge in [0.05, 0.1) is 6.61 Å². The standard InChI is InChI=1S/C7H8O7.Na.H/c8-1-2(9)5-3(6(11)12)4(10)7(13)14-5;;/h2,5,8-10H,1H2,(H,11,12);;/t2-,5-;;/m0../s1. The number of carbonyl (C=O) groups is 2. The topological polar surface area (TPSA) is 124 Å². The number of aliphatic hydroxyl groups is 3. The third-order valence-electron chi connectivity index (χ3n) is 1.73. The van der Waals surface area contributed by atoms with Gasteiger partial charge in [-0.25, -0.2) is 9.59 Å². The molecule has 0 radical (unpaired) electrons. The average molecular weight is 228 g/mol. The Labute approximate surface area is 106 Å². The van der Waals surface area contributed by atoms with Crippen molar-refractivity contribution in [2.75, 3.05) is 6.61 Å². The van der Waals surface area contributed by atoms with Gasteiger partial charge in [-0.1, -0.05) is 0 Å². The van der Waals surface area contributed by atoms with Crippen molar-refractivity contribution in [2.24, 2.45) is 0 Å². The Kier molecular flexibility index (Phi) is 5.26. The number of esters is 1. The van der Waals surface area contributed by atoms with Gasteiger partial charge in [0.2, 0.25) is 5.76 Å². The van der Waals surface area contributed by atoms with E-state index in [-0.39, 0.29) is 29.6 Å². The number of carboxylic acids is 1. The maximum absolute atomic E-state index is 10.7. The van der Waals surface area contributed by atoms with Crippen LogP contribution in [0.4, 0.5) is 0 Å². The first-order valence-corrected chi connectivity index (χ1v) is 3.65. The molecule has 0 aromatic heterocycles. The first-order chi connectivity index (χ1) is 6.49. The van der Waals surface area contributed by atoms with Gasteiger partial charge in [0.25, 0.3) is 0 Å². The molecule has 0 aliphatic carbocycles. The number of aliphatic carboxylic acids is 1. The van der Waals surface area contributed by atoms with Gasteiger partial charge in [-0.05, 0) is 0 Å². The predicted octanol–water partition coefficient (Wildman–Crippen LogP) is -2.49. The predicted molar refractivity (Wildman–Crippen MR) is 47.4 cm³/mol. The molecule has 0 fully saturated rings. The van der Waals surface area contributed by atoms with Crippen LogP contribution in [0.25, 0.3) is 0 Å². The van der Waals surface area contributed by atoms with Crippen LogP contribution >= 0.6 is 0 Å². The Morgan fingerprint density at radius 1 is 1.53 bits per heavy atom. The van der Waals surface area contributed by atoms with E-state index in [2.05, 4.69) is 4.74 Å². The summed E-state index contributed by atoms with van der Waals surface area (Å²) in [7, 11) is 0. The minimum atomic E-state index is -1.58. The molecule has 0 aromatic carbocycles. The molecule has 0 spiro atoms. The summed E-state index contributed by atoms with van der Waals surface area (Å²) in [6.07, 6.45) is -3.08. The van der Waals surface area contributed by atoms with Crippen LogP contribution in [-0.4, -0.2) is 80.7 Å². The van der Waals surface area contributed by atoms with Crippen LogP contribution in [0, 0.1) is 0 Å². The first-order valence-electron chi connectivity index (χ1n) is 3.65. The molecule has 0 aromatic rings. The number of hydrogen-bond acceptors (Lipinski definition) is 6. The van der Waals surface area contributed by atoms with E-state index in [1.165, 1.54) is 0 Å². The molecule has 80 valence electrons. The molecule has 1 aliphatic rings. The van der Waals surface area contributed by atoms with Crippen molar-refractivity contribution < 1.29 is 34.8 Å². The van der Waals surface area contributed by atoms with E-state index < -0.39 is 42.1 Å². The molecule has 0 unspecified atom stereocenters. The maximum atomic E-state index is 10.7. The fourth-order valence-corrected chi connectivity index (χ4v) is 1.06. The summed E-state index contributed by atoms with van der Waals surface area (Å²) >= 11 is 0. The second-order valence-electron chi connectivity index (χ2n) is 2.64. The van der Waals surface area contributed by atoms with E-state index in [0.29, 0.717) is 0 Å². The summed E-state index contributed by atoms with van der Waals surface area (Å²) in [6.45, 7) is -0.776. The van der Waals surface area contributed by atoms with Crippen LogP contribution in [0.1, 0.15) is 0 Å². The Morgan fingerprint density at radius 3 is 2.47 bits per heavy atom. The van der Waals surface area contributed by atoms with Crippen molar-refractivity contribution >= 4 is 41.5 Å². The number of cyclic esters (lactones) is 1. The number of rotatable bonds is 3. The van der Waals surface area contributed by atoms with Gasteiger partial charge in [0.15, 0.2) is 6.10 Å². The van der Waals surface area contributed by atoms with Crippen LogP contribution in [0.5, 0.6) is 0 Å². The van der Waals surface area contributed by atoms with E-state index >= 15 is 0 Å². The molecule has 0 saturated heterocycles. The summed E-state index contributed by atoms with van der Waals surface area (Å²) in [4.78, 5) is 21.3. The molecule has 1 rings (SSSR count). The van der Waals surface area contributed by atoms with Gasteiger partial charge in [-0.15, -0.1) is 0 Å². The van der Waals surface area contributed by atoms with Crippen molar-refractivity contribution in [3.63, 3.8) is 0 Å². The van der Waals surface area contributed by atoms with Gasteiger partial charge in [0, 0.05) is 0 Å². The normalized spacial score (nSPS) is 22.0. The van der Waals surface area contributed by atoms with Crippen LogP contribution in [0.2, 0.25) is 0 Å². The van der Waals surface area contributed by atoms with Crippen molar-refractivity contribution in [1.29, 1.82) is 0 Å². The van der Waals surface area contributed by atoms with Crippen LogP contribution < -0.4 is 0 Å². The summed E-state index contributed by atoms with van der Waals surface area (Å²) < 4.78 is 4.35. The summed E-state index contributed by atoms with van der Waals surface area (Å²) in [5.41, 5.74) is -0.739. The zero-order chi connectivity index (χ0) is 10.9. The van der Waals surface area contributed by atoms with E-state index in [1.54, 1.807) is 0 Å². The van der Waals surface area contributed by atoms with Crippen LogP contribution in [0.3, 0.4) is 0 Å². The average Bonchev–Trinajstić information content (AvgIpc) is 2.42. The second-order valence-corrected chi connectivity index (χ2v) is 2.64. The number of carbonyl (C=O) groups excluding carboxylic acids is 1. The molecule has 0 bridgehead atoms.